The van der Waals surface area contributed by atoms with Crippen LogP contribution in [-0.4, -0.2) is 34.5 Å². The average Bonchev–Trinajstić information content (AvgIpc) is 2.27. The number of hydrogen-bond donors (Lipinski definition) is 1. The van der Waals surface area contributed by atoms with E-state index in [9.17, 15) is 9.59 Å². The van der Waals surface area contributed by atoms with Crippen molar-refractivity contribution in [3.05, 3.63) is 0 Å². The molecule has 0 aromatic heterocycles. The average molecular weight is 243 g/mol. The van der Waals surface area contributed by atoms with Gasteiger partial charge in [-0.2, -0.15) is 0 Å². The number of carboxylic acids is 1. The molecule has 17 heavy (non-hydrogen) atoms. The zero-order valence-corrected chi connectivity index (χ0v) is 11.5. The summed E-state index contributed by atoms with van der Waals surface area (Å²) in [4.78, 5) is 24.1. The van der Waals surface area contributed by atoms with E-state index < -0.39 is 11.5 Å². The lowest BCUT2D eigenvalue weighted by Gasteiger charge is -2.31. The Balaban J connectivity index is 4.02. The number of carbonyl (C=O) groups is 2. The number of likely N-dealkylation sites (N-methyl/N-ethyl adjacent to an activating group) is 1. The fourth-order valence-electron chi connectivity index (χ4n) is 1.50. The van der Waals surface area contributed by atoms with Gasteiger partial charge in [-0.05, 0) is 20.3 Å². The van der Waals surface area contributed by atoms with Crippen LogP contribution in [-0.2, 0) is 9.59 Å². The third-order valence-corrected chi connectivity index (χ3v) is 3.23. The van der Waals surface area contributed by atoms with Crippen LogP contribution in [0, 0.1) is 0 Å². The minimum atomic E-state index is -1.12. The molecule has 0 fully saturated rings. The molecule has 0 spiro atoms. The van der Waals surface area contributed by atoms with E-state index in [-0.39, 0.29) is 5.91 Å². The van der Waals surface area contributed by atoms with Crippen LogP contribution in [0.4, 0.5) is 0 Å². The predicted molar refractivity (Wildman–Crippen MR) is 67.9 cm³/mol. The van der Waals surface area contributed by atoms with Gasteiger partial charge in [-0.1, -0.05) is 32.6 Å². The van der Waals surface area contributed by atoms with Gasteiger partial charge in [-0.3, -0.25) is 4.79 Å². The number of hydrogen-bond acceptors (Lipinski definition) is 2. The van der Waals surface area contributed by atoms with Crippen LogP contribution in [0.5, 0.6) is 0 Å². The number of amides is 1. The smallest absolute Gasteiger partial charge is 0.329 e. The Morgan fingerprint density at radius 2 is 1.65 bits per heavy atom. The second-order valence-corrected chi connectivity index (χ2v) is 4.98. The topological polar surface area (TPSA) is 57.6 Å². The lowest BCUT2D eigenvalue weighted by molar-refractivity contribution is -0.155. The van der Waals surface area contributed by atoms with Crippen LogP contribution in [0.1, 0.15) is 59.3 Å². The number of unbranched alkanes of at least 4 members (excludes halogenated alkanes) is 4. The highest BCUT2D eigenvalue weighted by Gasteiger charge is 2.34. The Morgan fingerprint density at radius 1 is 1.12 bits per heavy atom. The van der Waals surface area contributed by atoms with Gasteiger partial charge >= 0.3 is 5.97 Å². The van der Waals surface area contributed by atoms with Crippen LogP contribution in [0.2, 0.25) is 0 Å². The second-order valence-electron chi connectivity index (χ2n) is 4.98. The molecule has 100 valence electrons. The lowest BCUT2D eigenvalue weighted by atomic mass is 10.0. The predicted octanol–water partition coefficient (Wildman–Crippen LogP) is 2.67. The van der Waals surface area contributed by atoms with Crippen molar-refractivity contribution in [1.82, 2.24) is 4.90 Å². The van der Waals surface area contributed by atoms with Gasteiger partial charge in [-0.25, -0.2) is 4.79 Å². The van der Waals surface area contributed by atoms with Crippen molar-refractivity contribution >= 4 is 11.9 Å². The van der Waals surface area contributed by atoms with E-state index >= 15 is 0 Å². The van der Waals surface area contributed by atoms with Crippen molar-refractivity contribution in [3.63, 3.8) is 0 Å². The van der Waals surface area contributed by atoms with Gasteiger partial charge in [0.1, 0.15) is 5.54 Å². The highest BCUT2D eigenvalue weighted by molar-refractivity contribution is 5.86. The van der Waals surface area contributed by atoms with Crippen molar-refractivity contribution in [1.29, 1.82) is 0 Å². The molecular weight excluding hydrogens is 218 g/mol. The fourth-order valence-corrected chi connectivity index (χ4v) is 1.50. The highest BCUT2D eigenvalue weighted by Crippen LogP contribution is 2.15. The summed E-state index contributed by atoms with van der Waals surface area (Å²) in [5.74, 6) is -1.06. The summed E-state index contributed by atoms with van der Waals surface area (Å²) in [5.41, 5.74) is -1.12. The van der Waals surface area contributed by atoms with Gasteiger partial charge in [0.05, 0.1) is 0 Å². The van der Waals surface area contributed by atoms with Crippen molar-refractivity contribution in [2.45, 2.75) is 64.8 Å². The monoisotopic (exact) mass is 243 g/mol. The molecule has 0 saturated carbocycles. The first-order chi connectivity index (χ1) is 7.84. The zero-order valence-electron chi connectivity index (χ0n) is 11.5. The maximum atomic E-state index is 11.8. The van der Waals surface area contributed by atoms with E-state index in [1.807, 2.05) is 0 Å². The zero-order chi connectivity index (χ0) is 13.5. The number of aliphatic carboxylic acids is 1. The molecule has 0 radical (unpaired) electrons. The van der Waals surface area contributed by atoms with Crippen LogP contribution in [0.15, 0.2) is 0 Å². The summed E-state index contributed by atoms with van der Waals surface area (Å²) < 4.78 is 0. The molecule has 0 rings (SSSR count). The van der Waals surface area contributed by atoms with Crippen LogP contribution in [0.25, 0.3) is 0 Å². The largest absolute Gasteiger partial charge is 0.480 e. The summed E-state index contributed by atoms with van der Waals surface area (Å²) in [7, 11) is 1.56. The SMILES string of the molecule is CCCCCCCC(=O)N(C)C(C)(C)C(=O)O. The minimum Gasteiger partial charge on any atom is -0.480 e. The number of carboxylic acid groups (broad SMARTS) is 1. The van der Waals surface area contributed by atoms with E-state index in [1.54, 1.807) is 20.9 Å². The molecule has 1 amide bonds. The quantitative estimate of drug-likeness (QED) is 0.667. The van der Waals surface area contributed by atoms with Crippen LogP contribution >= 0.6 is 0 Å². The Bertz CT molecular complexity index is 261. The molecule has 4 heteroatoms. The normalized spacial score (nSPS) is 11.3. The summed E-state index contributed by atoms with van der Waals surface area (Å²) >= 11 is 0. The minimum absolute atomic E-state index is 0.0890. The Hall–Kier alpha value is -1.06. The molecule has 0 bridgehead atoms. The van der Waals surface area contributed by atoms with Crippen molar-refractivity contribution in [2.75, 3.05) is 7.05 Å². The number of carbonyl (C=O) groups excluding carboxylic acids is 1. The first kappa shape index (κ1) is 15.9. The molecule has 0 heterocycles. The Labute approximate surface area is 104 Å². The van der Waals surface area contributed by atoms with Gasteiger partial charge in [0.2, 0.25) is 5.91 Å². The second kappa shape index (κ2) is 7.30. The molecule has 0 aliphatic carbocycles. The van der Waals surface area contributed by atoms with Gasteiger partial charge in [-0.15, -0.1) is 0 Å². The molecule has 0 aromatic carbocycles. The van der Waals surface area contributed by atoms with Gasteiger partial charge in [0.15, 0.2) is 0 Å². The first-order valence-corrected chi connectivity index (χ1v) is 6.34. The Kier molecular flexibility index (Phi) is 6.85. The van der Waals surface area contributed by atoms with Crippen molar-refractivity contribution < 1.29 is 14.7 Å². The summed E-state index contributed by atoms with van der Waals surface area (Å²) in [6.07, 6.45) is 5.86. The van der Waals surface area contributed by atoms with Crippen molar-refractivity contribution in [3.8, 4) is 0 Å². The number of nitrogens with zero attached hydrogens (tertiary/aromatic N) is 1. The maximum absolute atomic E-state index is 11.8. The van der Waals surface area contributed by atoms with E-state index in [0.29, 0.717) is 6.42 Å². The molecular formula is C13H25NO3. The molecule has 0 atom stereocenters. The molecule has 0 aliphatic heterocycles. The maximum Gasteiger partial charge on any atom is 0.329 e. The molecule has 1 N–H and O–H groups in total. The summed E-state index contributed by atoms with van der Waals surface area (Å²) in [6.45, 7) is 5.24. The summed E-state index contributed by atoms with van der Waals surface area (Å²) in [5, 5.41) is 9.01. The van der Waals surface area contributed by atoms with Gasteiger partial charge in [0.25, 0.3) is 0 Å². The van der Waals surface area contributed by atoms with Crippen LogP contribution in [0.3, 0.4) is 0 Å². The molecule has 0 saturated heterocycles. The lowest BCUT2D eigenvalue weighted by Crippen LogP contribution is -2.50. The van der Waals surface area contributed by atoms with Crippen molar-refractivity contribution in [2.24, 2.45) is 0 Å². The van der Waals surface area contributed by atoms with E-state index in [1.165, 1.54) is 17.7 Å². The Morgan fingerprint density at radius 3 is 2.12 bits per heavy atom. The highest BCUT2D eigenvalue weighted by atomic mass is 16.4. The third-order valence-electron chi connectivity index (χ3n) is 3.23. The van der Waals surface area contributed by atoms with Crippen LogP contribution < -0.4 is 0 Å². The summed E-state index contributed by atoms with van der Waals surface area (Å²) in [6, 6.07) is 0. The molecule has 4 nitrogen and oxygen atoms in total. The fraction of sp³-hybridized carbons (Fsp3) is 0.846. The molecule has 0 aliphatic rings. The first-order valence-electron chi connectivity index (χ1n) is 6.34. The van der Waals surface area contributed by atoms with E-state index in [2.05, 4.69) is 6.92 Å². The third kappa shape index (κ3) is 5.20. The van der Waals surface area contributed by atoms with E-state index in [4.69, 9.17) is 5.11 Å². The van der Waals surface area contributed by atoms with Gasteiger partial charge in [0, 0.05) is 13.5 Å². The van der Waals surface area contributed by atoms with E-state index in [0.717, 1.165) is 19.3 Å². The molecule has 0 aromatic rings. The van der Waals surface area contributed by atoms with Gasteiger partial charge < -0.3 is 10.0 Å². The number of rotatable bonds is 8. The standard InChI is InChI=1S/C13H25NO3/c1-5-6-7-8-9-10-11(15)14(4)13(2,3)12(16)17/h5-10H2,1-4H3,(H,16,17). The molecule has 0 unspecified atom stereocenters.